The summed E-state index contributed by atoms with van der Waals surface area (Å²) in [6.45, 7) is 3.23. The first kappa shape index (κ1) is 11.0. The van der Waals surface area contributed by atoms with Crippen LogP contribution in [0.2, 0.25) is 0 Å². The molecule has 2 rings (SSSR count). The van der Waals surface area contributed by atoms with Crippen molar-refractivity contribution in [1.29, 1.82) is 0 Å². The fraction of sp³-hybridized carbons (Fsp3) is 0.364. The second kappa shape index (κ2) is 5.03. The summed E-state index contributed by atoms with van der Waals surface area (Å²) < 4.78 is 10.9. The van der Waals surface area contributed by atoms with Crippen molar-refractivity contribution in [3.8, 4) is 11.5 Å². The molecular weight excluding hydrogens is 226 g/mol. The molecule has 0 saturated carbocycles. The number of hydrogen-bond acceptors (Lipinski definition) is 4. The molecule has 0 bridgehead atoms. The Labute approximate surface area is 97.9 Å². The lowest BCUT2D eigenvalue weighted by Crippen LogP contribution is -2.19. The van der Waals surface area contributed by atoms with Crippen molar-refractivity contribution in [1.82, 2.24) is 5.32 Å². The van der Waals surface area contributed by atoms with E-state index in [2.05, 4.69) is 5.32 Å². The zero-order valence-corrected chi connectivity index (χ0v) is 9.80. The van der Waals surface area contributed by atoms with Gasteiger partial charge in [-0.2, -0.15) is 0 Å². The maximum absolute atomic E-state index is 10.7. The standard InChI is InChI=1S/C11H13NO3S/c1-8(13)12-4-2-3-10-11-9(7-16-10)14-5-6-15-11/h2-3,7H,4-6H2,1H3,(H,12,13). The van der Waals surface area contributed by atoms with Crippen LogP contribution < -0.4 is 14.8 Å². The molecule has 0 radical (unpaired) electrons. The molecule has 1 aliphatic heterocycles. The van der Waals surface area contributed by atoms with Gasteiger partial charge in [-0.05, 0) is 6.08 Å². The van der Waals surface area contributed by atoms with Crippen molar-refractivity contribution < 1.29 is 14.3 Å². The van der Waals surface area contributed by atoms with E-state index in [-0.39, 0.29) is 5.91 Å². The van der Waals surface area contributed by atoms with E-state index in [0.29, 0.717) is 19.8 Å². The first-order chi connectivity index (χ1) is 7.77. The second-order valence-electron chi connectivity index (χ2n) is 3.33. The molecule has 2 heterocycles. The molecular formula is C11H13NO3S. The topological polar surface area (TPSA) is 47.6 Å². The van der Waals surface area contributed by atoms with Crippen LogP contribution in [0.5, 0.6) is 11.5 Å². The fourth-order valence-corrected chi connectivity index (χ4v) is 2.22. The van der Waals surface area contributed by atoms with Gasteiger partial charge < -0.3 is 14.8 Å². The molecule has 0 aromatic carbocycles. The molecule has 1 amide bonds. The highest BCUT2D eigenvalue weighted by Crippen LogP contribution is 2.39. The molecule has 0 atom stereocenters. The van der Waals surface area contributed by atoms with E-state index in [1.807, 2.05) is 17.5 Å². The van der Waals surface area contributed by atoms with Gasteiger partial charge in [0, 0.05) is 18.8 Å². The average molecular weight is 239 g/mol. The monoisotopic (exact) mass is 239 g/mol. The smallest absolute Gasteiger partial charge is 0.217 e. The van der Waals surface area contributed by atoms with Crippen LogP contribution in [0, 0.1) is 0 Å². The number of nitrogens with one attached hydrogen (secondary N) is 1. The maximum Gasteiger partial charge on any atom is 0.217 e. The fourth-order valence-electron chi connectivity index (χ4n) is 1.37. The largest absolute Gasteiger partial charge is 0.485 e. The van der Waals surface area contributed by atoms with Crippen molar-refractivity contribution in [2.75, 3.05) is 19.8 Å². The first-order valence-corrected chi connectivity index (χ1v) is 5.93. The summed E-state index contributed by atoms with van der Waals surface area (Å²) in [4.78, 5) is 11.7. The van der Waals surface area contributed by atoms with Crippen LogP contribution in [-0.2, 0) is 4.79 Å². The van der Waals surface area contributed by atoms with Gasteiger partial charge in [-0.1, -0.05) is 6.08 Å². The van der Waals surface area contributed by atoms with Gasteiger partial charge in [-0.25, -0.2) is 0 Å². The molecule has 0 fully saturated rings. The summed E-state index contributed by atoms with van der Waals surface area (Å²) in [5.74, 6) is 1.60. The molecule has 16 heavy (non-hydrogen) atoms. The summed E-state index contributed by atoms with van der Waals surface area (Å²) in [7, 11) is 0. The summed E-state index contributed by atoms with van der Waals surface area (Å²) in [5.41, 5.74) is 0. The van der Waals surface area contributed by atoms with Crippen molar-refractivity contribution in [2.24, 2.45) is 0 Å². The minimum atomic E-state index is -0.0301. The van der Waals surface area contributed by atoms with Crippen molar-refractivity contribution in [3.63, 3.8) is 0 Å². The lowest BCUT2D eigenvalue weighted by molar-refractivity contribution is -0.118. The van der Waals surface area contributed by atoms with Crippen LogP contribution in [0.1, 0.15) is 11.8 Å². The third-order valence-electron chi connectivity index (χ3n) is 2.07. The van der Waals surface area contributed by atoms with Crippen molar-refractivity contribution in [3.05, 3.63) is 16.3 Å². The van der Waals surface area contributed by atoms with Crippen LogP contribution in [0.3, 0.4) is 0 Å². The zero-order chi connectivity index (χ0) is 11.4. The van der Waals surface area contributed by atoms with E-state index >= 15 is 0 Å². The Morgan fingerprint density at radius 2 is 2.38 bits per heavy atom. The number of carbonyl (C=O) groups excluding carboxylic acids is 1. The predicted octanol–water partition coefficient (Wildman–Crippen LogP) is 1.67. The van der Waals surface area contributed by atoms with E-state index in [1.165, 1.54) is 6.92 Å². The summed E-state index contributed by atoms with van der Waals surface area (Å²) in [5, 5.41) is 4.63. The molecule has 86 valence electrons. The molecule has 1 aliphatic rings. The van der Waals surface area contributed by atoms with Gasteiger partial charge in [0.2, 0.25) is 5.91 Å². The van der Waals surface area contributed by atoms with Gasteiger partial charge in [-0.3, -0.25) is 4.79 Å². The van der Waals surface area contributed by atoms with Crippen LogP contribution in [-0.4, -0.2) is 25.7 Å². The number of hydrogen-bond donors (Lipinski definition) is 1. The molecule has 0 aliphatic carbocycles. The lowest BCUT2D eigenvalue weighted by atomic mass is 10.3. The molecule has 1 aromatic rings. The molecule has 0 saturated heterocycles. The normalized spacial score (nSPS) is 14.1. The number of thiophene rings is 1. The first-order valence-electron chi connectivity index (χ1n) is 5.05. The highest BCUT2D eigenvalue weighted by Gasteiger charge is 2.16. The van der Waals surface area contributed by atoms with Crippen LogP contribution in [0.15, 0.2) is 11.5 Å². The van der Waals surface area contributed by atoms with Gasteiger partial charge in [0.05, 0.1) is 4.88 Å². The third-order valence-corrected chi connectivity index (χ3v) is 2.97. The molecule has 1 aromatic heterocycles. The summed E-state index contributed by atoms with van der Waals surface area (Å²) >= 11 is 1.57. The van der Waals surface area contributed by atoms with Crippen molar-refractivity contribution >= 4 is 23.3 Å². The highest BCUT2D eigenvalue weighted by molar-refractivity contribution is 7.11. The highest BCUT2D eigenvalue weighted by atomic mass is 32.1. The van der Waals surface area contributed by atoms with E-state index in [0.717, 1.165) is 16.4 Å². The number of ether oxygens (including phenoxy) is 2. The van der Waals surface area contributed by atoms with E-state index in [9.17, 15) is 4.79 Å². The van der Waals surface area contributed by atoms with E-state index < -0.39 is 0 Å². The third kappa shape index (κ3) is 2.55. The average Bonchev–Trinajstić information content (AvgIpc) is 2.68. The van der Waals surface area contributed by atoms with Crippen LogP contribution in [0.4, 0.5) is 0 Å². The Morgan fingerprint density at radius 3 is 3.19 bits per heavy atom. The number of amides is 1. The summed E-state index contributed by atoms with van der Waals surface area (Å²) in [6.07, 6.45) is 3.83. The van der Waals surface area contributed by atoms with Gasteiger partial charge in [0.25, 0.3) is 0 Å². The molecule has 5 heteroatoms. The van der Waals surface area contributed by atoms with E-state index in [1.54, 1.807) is 11.3 Å². The zero-order valence-electron chi connectivity index (χ0n) is 8.99. The summed E-state index contributed by atoms with van der Waals surface area (Å²) in [6, 6.07) is 0. The van der Waals surface area contributed by atoms with Gasteiger partial charge in [-0.15, -0.1) is 11.3 Å². The Morgan fingerprint density at radius 1 is 1.56 bits per heavy atom. The molecule has 1 N–H and O–H groups in total. The Kier molecular flexibility index (Phi) is 3.46. The minimum Gasteiger partial charge on any atom is -0.485 e. The maximum atomic E-state index is 10.7. The molecule has 0 spiro atoms. The lowest BCUT2D eigenvalue weighted by Gasteiger charge is -2.15. The van der Waals surface area contributed by atoms with Gasteiger partial charge in [0.1, 0.15) is 13.2 Å². The van der Waals surface area contributed by atoms with Gasteiger partial charge in [0.15, 0.2) is 11.5 Å². The van der Waals surface area contributed by atoms with Gasteiger partial charge >= 0.3 is 0 Å². The number of rotatable bonds is 3. The minimum absolute atomic E-state index is 0.0301. The molecule has 4 nitrogen and oxygen atoms in total. The predicted molar refractivity (Wildman–Crippen MR) is 63.0 cm³/mol. The Hall–Kier alpha value is -1.49. The van der Waals surface area contributed by atoms with Crippen molar-refractivity contribution in [2.45, 2.75) is 6.92 Å². The molecule has 0 unspecified atom stereocenters. The van der Waals surface area contributed by atoms with Crippen LogP contribution >= 0.6 is 11.3 Å². The Balaban J connectivity index is 1.99. The van der Waals surface area contributed by atoms with E-state index in [4.69, 9.17) is 9.47 Å². The number of carbonyl (C=O) groups is 1. The Bertz CT molecular complexity index is 411. The second-order valence-corrected chi connectivity index (χ2v) is 4.24. The number of fused-ring (bicyclic) bond motifs is 1. The SMILES string of the molecule is CC(=O)NCC=Cc1scc2c1OCCO2. The van der Waals surface area contributed by atoms with Crippen LogP contribution in [0.25, 0.3) is 6.08 Å². The quantitative estimate of drug-likeness (QED) is 0.872.